The summed E-state index contributed by atoms with van der Waals surface area (Å²) in [7, 11) is 0. The van der Waals surface area contributed by atoms with E-state index in [1.165, 1.54) is 18.2 Å². The van der Waals surface area contributed by atoms with Gasteiger partial charge in [0.2, 0.25) is 0 Å². The zero-order valence-electron chi connectivity index (χ0n) is 11.1. The fraction of sp³-hybridized carbons (Fsp3) is 0.200. The van der Waals surface area contributed by atoms with Crippen molar-refractivity contribution in [2.45, 2.75) is 13.0 Å². The Morgan fingerprint density at radius 1 is 1.10 bits per heavy atom. The van der Waals surface area contributed by atoms with E-state index in [-0.39, 0.29) is 24.3 Å². The first kappa shape index (κ1) is 16.3. The second kappa shape index (κ2) is 7.72. The maximum atomic E-state index is 13.3. The second-order valence-electron chi connectivity index (χ2n) is 4.29. The van der Waals surface area contributed by atoms with Crippen molar-refractivity contribution in [3.63, 3.8) is 0 Å². The molecule has 2 N–H and O–H groups in total. The maximum absolute atomic E-state index is 13.3. The Kier molecular flexibility index (Phi) is 6.28. The van der Waals surface area contributed by atoms with E-state index in [2.05, 4.69) is 0 Å². The van der Waals surface area contributed by atoms with Gasteiger partial charge in [0.1, 0.15) is 18.2 Å². The number of para-hydroxylation sites is 1. The van der Waals surface area contributed by atoms with E-state index in [0.717, 1.165) is 0 Å². The summed E-state index contributed by atoms with van der Waals surface area (Å²) in [4.78, 5) is 0. The number of halogens is 2. The smallest absolute Gasteiger partial charge is 0.172 e. The van der Waals surface area contributed by atoms with Crippen LogP contribution in [-0.2, 0) is 0 Å². The molecule has 0 fully saturated rings. The lowest BCUT2D eigenvalue weighted by Gasteiger charge is -2.13. The van der Waals surface area contributed by atoms with Crippen molar-refractivity contribution >= 4 is 12.4 Å². The Morgan fingerprint density at radius 3 is 2.45 bits per heavy atom. The van der Waals surface area contributed by atoms with Gasteiger partial charge in [0.15, 0.2) is 11.5 Å². The highest BCUT2D eigenvalue weighted by atomic mass is 35.5. The molecule has 2 rings (SSSR count). The van der Waals surface area contributed by atoms with Gasteiger partial charge in [0.05, 0.1) is 0 Å². The molecule has 2 aromatic carbocycles. The zero-order valence-corrected chi connectivity index (χ0v) is 11.9. The molecule has 108 valence electrons. The molecule has 5 heteroatoms. The minimum absolute atomic E-state index is 0. The first-order chi connectivity index (χ1) is 9.15. The molecule has 0 bridgehead atoms. The normalized spacial score (nSPS) is 11.3. The predicted molar refractivity (Wildman–Crippen MR) is 79.3 cm³/mol. The highest BCUT2D eigenvalue weighted by molar-refractivity contribution is 5.85. The summed E-state index contributed by atoms with van der Waals surface area (Å²) in [6.45, 7) is 2.18. The molecule has 0 aromatic heterocycles. The van der Waals surface area contributed by atoms with Crippen LogP contribution < -0.4 is 15.2 Å². The Balaban J connectivity index is 0.00000200. The number of nitrogens with two attached hydrogens (primary N) is 1. The summed E-state index contributed by atoms with van der Waals surface area (Å²) in [5.41, 5.74) is 5.63. The molecule has 2 aromatic rings. The van der Waals surface area contributed by atoms with Gasteiger partial charge in [0, 0.05) is 12.1 Å². The fourth-order valence-corrected chi connectivity index (χ4v) is 1.52. The third kappa shape index (κ3) is 4.72. The molecule has 0 unspecified atom stereocenters. The zero-order chi connectivity index (χ0) is 13.7. The van der Waals surface area contributed by atoms with Crippen LogP contribution in [0, 0.1) is 5.82 Å². The topological polar surface area (TPSA) is 44.5 Å². The van der Waals surface area contributed by atoms with E-state index in [1.807, 2.05) is 25.1 Å². The molecule has 0 spiro atoms. The van der Waals surface area contributed by atoms with Crippen LogP contribution in [0.2, 0.25) is 0 Å². The molecule has 1 atom stereocenters. The van der Waals surface area contributed by atoms with Gasteiger partial charge in [-0.3, -0.25) is 0 Å². The molecule has 0 heterocycles. The summed E-state index contributed by atoms with van der Waals surface area (Å²) in [6.07, 6.45) is 0. The van der Waals surface area contributed by atoms with Gasteiger partial charge in [0.25, 0.3) is 0 Å². The van der Waals surface area contributed by atoms with Gasteiger partial charge in [-0.2, -0.15) is 0 Å². The Morgan fingerprint density at radius 2 is 1.80 bits per heavy atom. The summed E-state index contributed by atoms with van der Waals surface area (Å²) in [5, 5.41) is 0. The minimum atomic E-state index is -0.376. The van der Waals surface area contributed by atoms with Crippen molar-refractivity contribution in [2.75, 3.05) is 6.61 Å². The summed E-state index contributed by atoms with van der Waals surface area (Å²) in [6, 6.07) is 13.2. The van der Waals surface area contributed by atoms with Gasteiger partial charge in [-0.05, 0) is 31.2 Å². The van der Waals surface area contributed by atoms with E-state index >= 15 is 0 Å². The SMILES string of the molecule is C[C@@H](N)COc1ccc(F)cc1Oc1ccccc1.Cl. The average molecular weight is 298 g/mol. The molecular formula is C15H17ClFNO2. The molecule has 0 saturated heterocycles. The van der Waals surface area contributed by atoms with Crippen LogP contribution in [0.1, 0.15) is 6.92 Å². The number of rotatable bonds is 5. The second-order valence-corrected chi connectivity index (χ2v) is 4.29. The Hall–Kier alpha value is -1.78. The molecule has 0 amide bonds. The van der Waals surface area contributed by atoms with Crippen molar-refractivity contribution in [3.05, 3.63) is 54.3 Å². The standard InChI is InChI=1S/C15H16FNO2.ClH/c1-11(17)10-18-14-8-7-12(16)9-15(14)19-13-5-3-2-4-6-13;/h2-9,11H,10,17H2,1H3;1H/t11-;/m1./s1. The molecule has 0 aliphatic heterocycles. The highest BCUT2D eigenvalue weighted by Gasteiger charge is 2.09. The minimum Gasteiger partial charge on any atom is -0.488 e. The molecule has 0 saturated carbocycles. The monoisotopic (exact) mass is 297 g/mol. The van der Waals surface area contributed by atoms with Gasteiger partial charge < -0.3 is 15.2 Å². The van der Waals surface area contributed by atoms with Gasteiger partial charge in [-0.1, -0.05) is 18.2 Å². The lowest BCUT2D eigenvalue weighted by Crippen LogP contribution is -2.23. The van der Waals surface area contributed by atoms with E-state index in [0.29, 0.717) is 23.9 Å². The summed E-state index contributed by atoms with van der Waals surface area (Å²) >= 11 is 0. The summed E-state index contributed by atoms with van der Waals surface area (Å²) in [5.74, 6) is 1.06. The first-order valence-electron chi connectivity index (χ1n) is 6.06. The van der Waals surface area contributed by atoms with Crippen molar-refractivity contribution in [2.24, 2.45) is 5.73 Å². The highest BCUT2D eigenvalue weighted by Crippen LogP contribution is 2.32. The van der Waals surface area contributed by atoms with Crippen molar-refractivity contribution in [3.8, 4) is 17.2 Å². The fourth-order valence-electron chi connectivity index (χ4n) is 1.52. The van der Waals surface area contributed by atoms with Crippen molar-refractivity contribution < 1.29 is 13.9 Å². The van der Waals surface area contributed by atoms with E-state index in [1.54, 1.807) is 12.1 Å². The van der Waals surface area contributed by atoms with E-state index < -0.39 is 0 Å². The third-order valence-electron chi connectivity index (χ3n) is 2.38. The van der Waals surface area contributed by atoms with Crippen LogP contribution in [0.25, 0.3) is 0 Å². The molecule has 3 nitrogen and oxygen atoms in total. The van der Waals surface area contributed by atoms with Crippen LogP contribution in [0.4, 0.5) is 4.39 Å². The molecule has 0 radical (unpaired) electrons. The number of benzene rings is 2. The Bertz CT molecular complexity index is 535. The number of ether oxygens (including phenoxy) is 2. The maximum Gasteiger partial charge on any atom is 0.172 e. The molecule has 0 aliphatic rings. The van der Waals surface area contributed by atoms with E-state index in [9.17, 15) is 4.39 Å². The van der Waals surface area contributed by atoms with Crippen LogP contribution in [0.3, 0.4) is 0 Å². The van der Waals surface area contributed by atoms with Crippen molar-refractivity contribution in [1.82, 2.24) is 0 Å². The van der Waals surface area contributed by atoms with Gasteiger partial charge >= 0.3 is 0 Å². The number of hydrogen-bond donors (Lipinski definition) is 1. The first-order valence-corrected chi connectivity index (χ1v) is 6.06. The van der Waals surface area contributed by atoms with Crippen LogP contribution in [0.5, 0.6) is 17.2 Å². The largest absolute Gasteiger partial charge is 0.488 e. The van der Waals surface area contributed by atoms with Crippen LogP contribution in [0.15, 0.2) is 48.5 Å². The van der Waals surface area contributed by atoms with Gasteiger partial charge in [-0.25, -0.2) is 4.39 Å². The quantitative estimate of drug-likeness (QED) is 0.914. The molecule has 0 aliphatic carbocycles. The van der Waals surface area contributed by atoms with Gasteiger partial charge in [-0.15, -0.1) is 12.4 Å². The lowest BCUT2D eigenvalue weighted by atomic mass is 10.3. The lowest BCUT2D eigenvalue weighted by molar-refractivity contribution is 0.283. The van der Waals surface area contributed by atoms with Crippen LogP contribution >= 0.6 is 12.4 Å². The predicted octanol–water partition coefficient (Wildman–Crippen LogP) is 3.77. The third-order valence-corrected chi connectivity index (χ3v) is 2.38. The van der Waals surface area contributed by atoms with E-state index in [4.69, 9.17) is 15.2 Å². The molecular weight excluding hydrogens is 281 g/mol. The average Bonchev–Trinajstić information content (AvgIpc) is 2.39. The Labute approximate surface area is 123 Å². The summed E-state index contributed by atoms with van der Waals surface area (Å²) < 4.78 is 24.4. The van der Waals surface area contributed by atoms with Crippen LogP contribution in [-0.4, -0.2) is 12.6 Å². The van der Waals surface area contributed by atoms with Crippen molar-refractivity contribution in [1.29, 1.82) is 0 Å². The number of hydrogen-bond acceptors (Lipinski definition) is 3. The molecule has 20 heavy (non-hydrogen) atoms.